The minimum absolute atomic E-state index is 0.427. The summed E-state index contributed by atoms with van der Waals surface area (Å²) in [4.78, 5) is 4.52. The average Bonchev–Trinajstić information content (AvgIpc) is 1.89. The summed E-state index contributed by atoms with van der Waals surface area (Å²) >= 11 is 0. The van der Waals surface area contributed by atoms with Crippen LogP contribution in [0.15, 0.2) is 0 Å². The SMILES string of the molecule is CONCOCCCN. The zero-order chi connectivity index (χ0) is 6.95. The molecule has 0 spiro atoms. The van der Waals surface area contributed by atoms with Crippen molar-refractivity contribution in [2.45, 2.75) is 6.42 Å². The van der Waals surface area contributed by atoms with Gasteiger partial charge in [0, 0.05) is 6.61 Å². The first-order chi connectivity index (χ1) is 4.41. The Morgan fingerprint density at radius 1 is 1.56 bits per heavy atom. The van der Waals surface area contributed by atoms with Crippen LogP contribution in [0.4, 0.5) is 0 Å². The lowest BCUT2D eigenvalue weighted by molar-refractivity contribution is -0.00705. The van der Waals surface area contributed by atoms with E-state index in [1.165, 1.54) is 0 Å². The first-order valence-electron chi connectivity index (χ1n) is 2.95. The number of hydrogen-bond acceptors (Lipinski definition) is 4. The van der Waals surface area contributed by atoms with Crippen molar-refractivity contribution in [1.82, 2.24) is 5.48 Å². The van der Waals surface area contributed by atoms with Crippen molar-refractivity contribution in [1.29, 1.82) is 0 Å². The Labute approximate surface area is 55.3 Å². The van der Waals surface area contributed by atoms with Gasteiger partial charge in [-0.25, -0.2) is 0 Å². The van der Waals surface area contributed by atoms with Crippen LogP contribution >= 0.6 is 0 Å². The van der Waals surface area contributed by atoms with Crippen LogP contribution in [0.5, 0.6) is 0 Å². The summed E-state index contributed by atoms with van der Waals surface area (Å²) in [7, 11) is 1.55. The van der Waals surface area contributed by atoms with Gasteiger partial charge in [0.25, 0.3) is 0 Å². The molecule has 4 nitrogen and oxygen atoms in total. The second-order valence-corrected chi connectivity index (χ2v) is 1.54. The molecular weight excluding hydrogens is 120 g/mol. The highest BCUT2D eigenvalue weighted by molar-refractivity contribution is 4.32. The molecule has 0 rings (SSSR count). The van der Waals surface area contributed by atoms with E-state index in [9.17, 15) is 0 Å². The molecule has 3 N–H and O–H groups in total. The molecule has 0 saturated carbocycles. The van der Waals surface area contributed by atoms with Crippen LogP contribution in [0.2, 0.25) is 0 Å². The molecule has 56 valence electrons. The lowest BCUT2D eigenvalue weighted by atomic mass is 10.5. The Morgan fingerprint density at radius 3 is 2.89 bits per heavy atom. The van der Waals surface area contributed by atoms with Crippen molar-refractivity contribution in [3.05, 3.63) is 0 Å². The van der Waals surface area contributed by atoms with Crippen molar-refractivity contribution < 1.29 is 9.57 Å². The van der Waals surface area contributed by atoms with Crippen LogP contribution in [0.25, 0.3) is 0 Å². The molecule has 0 aliphatic carbocycles. The Kier molecular flexibility index (Phi) is 7.70. The fraction of sp³-hybridized carbons (Fsp3) is 1.00. The normalized spacial score (nSPS) is 10.0. The summed E-state index contributed by atoms with van der Waals surface area (Å²) in [6.45, 7) is 1.79. The predicted molar refractivity (Wildman–Crippen MR) is 34.6 cm³/mol. The van der Waals surface area contributed by atoms with Gasteiger partial charge in [0.05, 0.1) is 7.11 Å². The third-order valence-electron chi connectivity index (χ3n) is 0.798. The van der Waals surface area contributed by atoms with Crippen LogP contribution < -0.4 is 11.2 Å². The monoisotopic (exact) mass is 134 g/mol. The molecule has 0 aromatic heterocycles. The van der Waals surface area contributed by atoms with Crippen LogP contribution in [0.3, 0.4) is 0 Å². The second kappa shape index (κ2) is 7.84. The van der Waals surface area contributed by atoms with Gasteiger partial charge in [-0.3, -0.25) is 0 Å². The van der Waals surface area contributed by atoms with Gasteiger partial charge in [0.2, 0.25) is 0 Å². The van der Waals surface area contributed by atoms with Crippen molar-refractivity contribution in [3.63, 3.8) is 0 Å². The molecule has 0 bridgehead atoms. The fourth-order valence-electron chi connectivity index (χ4n) is 0.358. The maximum Gasteiger partial charge on any atom is 0.119 e. The third-order valence-corrected chi connectivity index (χ3v) is 0.798. The molecule has 0 aromatic rings. The molecule has 0 amide bonds. The van der Waals surface area contributed by atoms with E-state index in [0.29, 0.717) is 19.9 Å². The largest absolute Gasteiger partial charge is 0.364 e. The third kappa shape index (κ3) is 7.84. The summed E-state index contributed by atoms with van der Waals surface area (Å²) in [6, 6.07) is 0. The van der Waals surface area contributed by atoms with Gasteiger partial charge >= 0.3 is 0 Å². The summed E-state index contributed by atoms with van der Waals surface area (Å²) in [5.41, 5.74) is 7.76. The van der Waals surface area contributed by atoms with E-state index in [1.54, 1.807) is 7.11 Å². The number of ether oxygens (including phenoxy) is 1. The number of hydrogen-bond donors (Lipinski definition) is 2. The molecule has 0 unspecified atom stereocenters. The maximum absolute atomic E-state index is 5.21. The molecule has 0 aliphatic rings. The molecule has 9 heavy (non-hydrogen) atoms. The highest BCUT2D eigenvalue weighted by Crippen LogP contribution is 1.75. The summed E-state index contributed by atoms with van der Waals surface area (Å²) in [5.74, 6) is 0. The smallest absolute Gasteiger partial charge is 0.119 e. The van der Waals surface area contributed by atoms with E-state index in [1.807, 2.05) is 0 Å². The van der Waals surface area contributed by atoms with Crippen molar-refractivity contribution >= 4 is 0 Å². The lowest BCUT2D eigenvalue weighted by Gasteiger charge is -2.01. The number of hydroxylamine groups is 1. The van der Waals surface area contributed by atoms with Gasteiger partial charge in [-0.1, -0.05) is 0 Å². The molecule has 0 radical (unpaired) electrons. The predicted octanol–water partition coefficient (Wildman–Crippen LogP) is -0.540. The number of rotatable bonds is 6. The zero-order valence-corrected chi connectivity index (χ0v) is 5.72. The van der Waals surface area contributed by atoms with Crippen molar-refractivity contribution in [2.75, 3.05) is 27.0 Å². The Hall–Kier alpha value is -0.160. The molecule has 0 aliphatic heterocycles. The molecule has 4 heteroatoms. The summed E-state index contributed by atoms with van der Waals surface area (Å²) in [5, 5.41) is 0. The van der Waals surface area contributed by atoms with Crippen molar-refractivity contribution in [2.24, 2.45) is 5.73 Å². The highest BCUT2D eigenvalue weighted by atomic mass is 16.7. The van der Waals surface area contributed by atoms with E-state index in [-0.39, 0.29) is 0 Å². The molecule has 0 fully saturated rings. The van der Waals surface area contributed by atoms with Crippen molar-refractivity contribution in [3.8, 4) is 0 Å². The average molecular weight is 134 g/mol. The quantitative estimate of drug-likeness (QED) is 0.291. The van der Waals surface area contributed by atoms with E-state index < -0.39 is 0 Å². The highest BCUT2D eigenvalue weighted by Gasteiger charge is 1.83. The lowest BCUT2D eigenvalue weighted by Crippen LogP contribution is -2.17. The van der Waals surface area contributed by atoms with E-state index in [4.69, 9.17) is 10.5 Å². The first kappa shape index (κ1) is 8.84. The van der Waals surface area contributed by atoms with Crippen LogP contribution in [0.1, 0.15) is 6.42 Å². The van der Waals surface area contributed by atoms with Crippen LogP contribution in [-0.2, 0) is 9.57 Å². The first-order valence-corrected chi connectivity index (χ1v) is 2.95. The van der Waals surface area contributed by atoms with Gasteiger partial charge in [-0.05, 0) is 13.0 Å². The standard InChI is InChI=1S/C5H14N2O2/c1-8-7-5-9-4-2-3-6/h7H,2-6H2,1H3. The molecular formula is C5H14N2O2. The Morgan fingerprint density at radius 2 is 2.33 bits per heavy atom. The second-order valence-electron chi connectivity index (χ2n) is 1.54. The summed E-state index contributed by atoms with van der Waals surface area (Å²) in [6.07, 6.45) is 0.894. The maximum atomic E-state index is 5.21. The van der Waals surface area contributed by atoms with Crippen LogP contribution in [0, 0.1) is 0 Å². The minimum atomic E-state index is 0.427. The Bertz CT molecular complexity index is 46.2. The molecule has 0 aromatic carbocycles. The van der Waals surface area contributed by atoms with Gasteiger partial charge in [0.15, 0.2) is 0 Å². The van der Waals surface area contributed by atoms with E-state index in [2.05, 4.69) is 10.3 Å². The number of nitrogens with one attached hydrogen (secondary N) is 1. The summed E-state index contributed by atoms with van der Waals surface area (Å²) < 4.78 is 5.00. The van der Waals surface area contributed by atoms with Gasteiger partial charge < -0.3 is 15.3 Å². The molecule has 0 atom stereocenters. The molecule has 0 saturated heterocycles. The fourth-order valence-corrected chi connectivity index (χ4v) is 0.358. The number of nitrogens with two attached hydrogens (primary N) is 1. The minimum Gasteiger partial charge on any atom is -0.364 e. The van der Waals surface area contributed by atoms with Gasteiger partial charge in [0.1, 0.15) is 6.73 Å². The van der Waals surface area contributed by atoms with Gasteiger partial charge in [-0.2, -0.15) is 5.48 Å². The zero-order valence-electron chi connectivity index (χ0n) is 5.72. The van der Waals surface area contributed by atoms with E-state index >= 15 is 0 Å². The topological polar surface area (TPSA) is 56.5 Å². The van der Waals surface area contributed by atoms with Gasteiger partial charge in [-0.15, -0.1) is 0 Å². The Balaban J connectivity index is 2.60. The van der Waals surface area contributed by atoms with E-state index in [0.717, 1.165) is 6.42 Å². The van der Waals surface area contributed by atoms with Crippen LogP contribution in [-0.4, -0.2) is 27.0 Å². The molecule has 0 heterocycles.